The predicted molar refractivity (Wildman–Crippen MR) is 67.0 cm³/mol. The number of aryl methyl sites for hydroxylation is 1. The van der Waals surface area contributed by atoms with Crippen molar-refractivity contribution in [2.45, 2.75) is 33.2 Å². The molecule has 1 N–H and O–H groups in total. The van der Waals surface area contributed by atoms with Gasteiger partial charge >= 0.3 is 0 Å². The molecule has 0 radical (unpaired) electrons. The fourth-order valence-corrected chi connectivity index (χ4v) is 1.42. The van der Waals surface area contributed by atoms with Crippen LogP contribution in [0.25, 0.3) is 0 Å². The monoisotopic (exact) mass is 221 g/mol. The topological polar surface area (TPSA) is 12.0 Å². The summed E-state index contributed by atoms with van der Waals surface area (Å²) in [5.74, 6) is -0.138. The van der Waals surface area contributed by atoms with Crippen LogP contribution in [0.2, 0.25) is 0 Å². The fraction of sp³-hybridized carbons (Fsp3) is 0.429. The predicted octanol–water partition coefficient (Wildman–Crippen LogP) is 3.75. The molecular formula is C14H20FN. The highest BCUT2D eigenvalue weighted by atomic mass is 19.1. The van der Waals surface area contributed by atoms with E-state index in [0.717, 1.165) is 18.5 Å². The van der Waals surface area contributed by atoms with Gasteiger partial charge in [-0.15, -0.1) is 0 Å². The van der Waals surface area contributed by atoms with Crippen molar-refractivity contribution in [1.29, 1.82) is 0 Å². The first-order valence-corrected chi connectivity index (χ1v) is 5.70. The SMILES string of the molecule is C=C(CC)CNC(C)c1ccc(C)c(F)c1. The summed E-state index contributed by atoms with van der Waals surface area (Å²) >= 11 is 0. The Morgan fingerprint density at radius 2 is 2.19 bits per heavy atom. The molecule has 0 aliphatic carbocycles. The largest absolute Gasteiger partial charge is 0.306 e. The molecule has 88 valence electrons. The summed E-state index contributed by atoms with van der Waals surface area (Å²) in [5.41, 5.74) is 2.83. The van der Waals surface area contributed by atoms with E-state index in [1.54, 1.807) is 13.0 Å². The van der Waals surface area contributed by atoms with Gasteiger partial charge in [0.15, 0.2) is 0 Å². The lowest BCUT2D eigenvalue weighted by Gasteiger charge is -2.15. The van der Waals surface area contributed by atoms with Crippen LogP contribution in [0.3, 0.4) is 0 Å². The number of benzene rings is 1. The van der Waals surface area contributed by atoms with Crippen LogP contribution in [-0.4, -0.2) is 6.54 Å². The van der Waals surface area contributed by atoms with E-state index in [-0.39, 0.29) is 11.9 Å². The first kappa shape index (κ1) is 12.9. The quantitative estimate of drug-likeness (QED) is 0.747. The zero-order valence-corrected chi connectivity index (χ0v) is 10.3. The molecule has 2 heteroatoms. The Balaban J connectivity index is 2.62. The molecule has 1 rings (SSSR count). The molecule has 0 aromatic heterocycles. The third-order valence-corrected chi connectivity index (χ3v) is 2.85. The van der Waals surface area contributed by atoms with Gasteiger partial charge in [0.25, 0.3) is 0 Å². The summed E-state index contributed by atoms with van der Waals surface area (Å²) in [6.07, 6.45) is 0.974. The van der Waals surface area contributed by atoms with Crippen LogP contribution in [0.4, 0.5) is 4.39 Å². The van der Waals surface area contributed by atoms with Crippen molar-refractivity contribution in [3.05, 3.63) is 47.3 Å². The van der Waals surface area contributed by atoms with Gasteiger partial charge in [-0.25, -0.2) is 4.39 Å². The van der Waals surface area contributed by atoms with Crippen molar-refractivity contribution in [1.82, 2.24) is 5.32 Å². The first-order valence-electron chi connectivity index (χ1n) is 5.70. The molecule has 0 aliphatic heterocycles. The molecule has 0 amide bonds. The maximum Gasteiger partial charge on any atom is 0.126 e. The van der Waals surface area contributed by atoms with Crippen molar-refractivity contribution in [2.24, 2.45) is 0 Å². The average molecular weight is 221 g/mol. The Labute approximate surface area is 97.4 Å². The van der Waals surface area contributed by atoms with E-state index < -0.39 is 0 Å². The standard InChI is InChI=1S/C14H20FN/c1-5-10(2)9-16-12(4)13-7-6-11(3)14(15)8-13/h6-8,12,16H,2,5,9H2,1,3-4H3. The summed E-state index contributed by atoms with van der Waals surface area (Å²) in [4.78, 5) is 0. The van der Waals surface area contributed by atoms with Gasteiger partial charge in [-0.2, -0.15) is 0 Å². The van der Waals surface area contributed by atoms with Crippen LogP contribution >= 0.6 is 0 Å². The van der Waals surface area contributed by atoms with Gasteiger partial charge in [-0.1, -0.05) is 31.2 Å². The number of rotatable bonds is 5. The van der Waals surface area contributed by atoms with E-state index in [1.165, 1.54) is 5.57 Å². The van der Waals surface area contributed by atoms with Crippen molar-refractivity contribution < 1.29 is 4.39 Å². The molecule has 1 atom stereocenters. The lowest BCUT2D eigenvalue weighted by molar-refractivity contribution is 0.582. The average Bonchev–Trinajstić information content (AvgIpc) is 2.29. The zero-order chi connectivity index (χ0) is 12.1. The Hall–Kier alpha value is -1.15. The Morgan fingerprint density at radius 3 is 2.75 bits per heavy atom. The number of hydrogen-bond donors (Lipinski definition) is 1. The minimum atomic E-state index is -0.138. The van der Waals surface area contributed by atoms with Gasteiger partial charge in [0.1, 0.15) is 5.82 Å². The number of hydrogen-bond acceptors (Lipinski definition) is 1. The molecule has 0 fully saturated rings. The molecule has 1 unspecified atom stereocenters. The summed E-state index contributed by atoms with van der Waals surface area (Å²) in [7, 11) is 0. The van der Waals surface area contributed by atoms with E-state index in [9.17, 15) is 4.39 Å². The van der Waals surface area contributed by atoms with Crippen LogP contribution in [0.1, 0.15) is 37.4 Å². The maximum atomic E-state index is 13.4. The zero-order valence-electron chi connectivity index (χ0n) is 10.3. The van der Waals surface area contributed by atoms with Gasteiger partial charge in [0.2, 0.25) is 0 Å². The molecule has 0 saturated heterocycles. The number of nitrogens with one attached hydrogen (secondary N) is 1. The molecule has 0 saturated carbocycles. The van der Waals surface area contributed by atoms with Crippen LogP contribution in [-0.2, 0) is 0 Å². The van der Waals surface area contributed by atoms with E-state index in [2.05, 4.69) is 18.8 Å². The van der Waals surface area contributed by atoms with Crippen LogP contribution in [0.15, 0.2) is 30.4 Å². The summed E-state index contributed by atoms with van der Waals surface area (Å²) < 4.78 is 13.4. The Bertz CT molecular complexity index is 371. The van der Waals surface area contributed by atoms with Crippen molar-refractivity contribution in [3.8, 4) is 0 Å². The lowest BCUT2D eigenvalue weighted by atomic mass is 10.1. The van der Waals surface area contributed by atoms with E-state index in [1.807, 2.05) is 19.1 Å². The minimum absolute atomic E-state index is 0.138. The highest BCUT2D eigenvalue weighted by Crippen LogP contribution is 2.16. The molecule has 16 heavy (non-hydrogen) atoms. The second-order valence-corrected chi connectivity index (χ2v) is 4.21. The summed E-state index contributed by atoms with van der Waals surface area (Å²) in [6.45, 7) is 10.6. The van der Waals surface area contributed by atoms with Gasteiger partial charge in [-0.3, -0.25) is 0 Å². The molecule has 0 aliphatic rings. The van der Waals surface area contributed by atoms with Gasteiger partial charge in [0, 0.05) is 12.6 Å². The molecule has 0 spiro atoms. The molecular weight excluding hydrogens is 201 g/mol. The second kappa shape index (κ2) is 5.80. The lowest BCUT2D eigenvalue weighted by Crippen LogP contribution is -2.21. The van der Waals surface area contributed by atoms with Crippen molar-refractivity contribution in [2.75, 3.05) is 6.54 Å². The Morgan fingerprint density at radius 1 is 1.50 bits per heavy atom. The van der Waals surface area contributed by atoms with E-state index in [0.29, 0.717) is 5.56 Å². The summed E-state index contributed by atoms with van der Waals surface area (Å²) in [5, 5.41) is 3.33. The third kappa shape index (κ3) is 3.46. The fourth-order valence-electron chi connectivity index (χ4n) is 1.42. The van der Waals surface area contributed by atoms with Crippen LogP contribution < -0.4 is 5.32 Å². The van der Waals surface area contributed by atoms with Crippen LogP contribution in [0.5, 0.6) is 0 Å². The van der Waals surface area contributed by atoms with Gasteiger partial charge < -0.3 is 5.32 Å². The molecule has 0 bridgehead atoms. The van der Waals surface area contributed by atoms with E-state index in [4.69, 9.17) is 0 Å². The Kier molecular flexibility index (Phi) is 4.69. The smallest absolute Gasteiger partial charge is 0.126 e. The highest BCUT2D eigenvalue weighted by Gasteiger charge is 2.07. The minimum Gasteiger partial charge on any atom is -0.306 e. The van der Waals surface area contributed by atoms with Crippen molar-refractivity contribution in [3.63, 3.8) is 0 Å². The molecule has 1 aromatic rings. The van der Waals surface area contributed by atoms with E-state index >= 15 is 0 Å². The van der Waals surface area contributed by atoms with Crippen LogP contribution in [0, 0.1) is 12.7 Å². The maximum absolute atomic E-state index is 13.4. The third-order valence-electron chi connectivity index (χ3n) is 2.85. The van der Waals surface area contributed by atoms with Gasteiger partial charge in [0.05, 0.1) is 0 Å². The van der Waals surface area contributed by atoms with Crippen molar-refractivity contribution >= 4 is 0 Å². The number of halogens is 1. The molecule has 1 aromatic carbocycles. The summed E-state index contributed by atoms with van der Waals surface area (Å²) in [6, 6.07) is 5.53. The highest BCUT2D eigenvalue weighted by molar-refractivity contribution is 5.25. The normalized spacial score (nSPS) is 12.5. The molecule has 1 nitrogen and oxygen atoms in total. The van der Waals surface area contributed by atoms with Gasteiger partial charge in [-0.05, 0) is 37.5 Å². The molecule has 0 heterocycles. The second-order valence-electron chi connectivity index (χ2n) is 4.21. The first-order chi connectivity index (χ1) is 7.54.